The average molecular weight is 229 g/mol. The molecule has 17 heavy (non-hydrogen) atoms. The van der Waals surface area contributed by atoms with Crippen LogP contribution in [0.15, 0.2) is 18.3 Å². The molecule has 0 spiro atoms. The normalized spacial score (nSPS) is 20.7. The quantitative estimate of drug-likeness (QED) is 0.782. The largest absolute Gasteiger partial charge is 0.366 e. The molecule has 0 saturated carbocycles. The van der Waals surface area contributed by atoms with Gasteiger partial charge in [-0.15, -0.1) is 0 Å². The number of nitriles is 1. The van der Waals surface area contributed by atoms with Gasteiger partial charge in [-0.3, -0.25) is 0 Å². The summed E-state index contributed by atoms with van der Waals surface area (Å²) in [7, 11) is 0. The molecule has 0 radical (unpaired) electrons. The van der Waals surface area contributed by atoms with Gasteiger partial charge in [0.15, 0.2) is 5.69 Å². The van der Waals surface area contributed by atoms with Gasteiger partial charge >= 0.3 is 0 Å². The van der Waals surface area contributed by atoms with E-state index < -0.39 is 0 Å². The maximum atomic E-state index is 9.14. The van der Waals surface area contributed by atoms with Crippen LogP contribution in [0, 0.1) is 11.3 Å². The first-order valence-corrected chi connectivity index (χ1v) is 6.48. The predicted octanol–water partition coefficient (Wildman–Crippen LogP) is 3.11. The molecule has 2 heterocycles. The van der Waals surface area contributed by atoms with Crippen molar-refractivity contribution in [1.82, 2.24) is 4.98 Å². The van der Waals surface area contributed by atoms with E-state index in [0.717, 1.165) is 18.7 Å². The zero-order valence-electron chi connectivity index (χ0n) is 10.4. The van der Waals surface area contributed by atoms with Crippen LogP contribution in [0.25, 0.3) is 0 Å². The highest BCUT2D eigenvalue weighted by molar-refractivity contribution is 5.56. The van der Waals surface area contributed by atoms with Gasteiger partial charge in [0, 0.05) is 18.8 Å². The summed E-state index contributed by atoms with van der Waals surface area (Å²) in [6, 6.07) is 6.72. The first-order chi connectivity index (χ1) is 8.36. The van der Waals surface area contributed by atoms with Gasteiger partial charge in [0.2, 0.25) is 0 Å². The zero-order valence-corrected chi connectivity index (χ0v) is 10.4. The first-order valence-electron chi connectivity index (χ1n) is 6.48. The van der Waals surface area contributed by atoms with E-state index >= 15 is 0 Å². The van der Waals surface area contributed by atoms with Crippen molar-refractivity contribution in [2.24, 2.45) is 0 Å². The Bertz CT molecular complexity index is 408. The second-order valence-corrected chi connectivity index (χ2v) is 4.59. The molecule has 1 aliphatic rings. The molecule has 0 aromatic carbocycles. The number of pyridine rings is 1. The third kappa shape index (κ3) is 2.58. The Hall–Kier alpha value is -1.56. The number of anilines is 1. The van der Waals surface area contributed by atoms with Crippen molar-refractivity contribution in [3.63, 3.8) is 0 Å². The molecule has 1 aliphatic heterocycles. The highest BCUT2D eigenvalue weighted by atomic mass is 15.2. The summed E-state index contributed by atoms with van der Waals surface area (Å²) < 4.78 is 0. The third-order valence-corrected chi connectivity index (χ3v) is 3.55. The monoisotopic (exact) mass is 229 g/mol. The average Bonchev–Trinajstić information content (AvgIpc) is 2.63. The van der Waals surface area contributed by atoms with Gasteiger partial charge in [0.05, 0.1) is 5.69 Å². The minimum atomic E-state index is 0.563. The lowest BCUT2D eigenvalue weighted by molar-refractivity contribution is 0.555. The van der Waals surface area contributed by atoms with Crippen molar-refractivity contribution in [3.8, 4) is 6.07 Å². The Morgan fingerprint density at radius 3 is 3.12 bits per heavy atom. The predicted molar refractivity (Wildman–Crippen MR) is 68.8 cm³/mol. The number of aromatic nitrogens is 1. The molecule has 1 aromatic heterocycles. The lowest BCUT2D eigenvalue weighted by Gasteiger charge is -2.31. The van der Waals surface area contributed by atoms with E-state index in [1.807, 2.05) is 12.1 Å². The number of rotatable bonds is 2. The van der Waals surface area contributed by atoms with Gasteiger partial charge in [-0.05, 0) is 31.4 Å². The fraction of sp³-hybridized carbons (Fsp3) is 0.571. The molecule has 90 valence electrons. The Morgan fingerprint density at radius 1 is 1.47 bits per heavy atom. The van der Waals surface area contributed by atoms with E-state index in [0.29, 0.717) is 11.7 Å². The number of hydrogen-bond acceptors (Lipinski definition) is 3. The Morgan fingerprint density at radius 2 is 2.35 bits per heavy atom. The summed E-state index contributed by atoms with van der Waals surface area (Å²) >= 11 is 0. The molecule has 0 bridgehead atoms. The molecule has 1 saturated heterocycles. The summed E-state index contributed by atoms with van der Waals surface area (Å²) in [6.07, 6.45) is 7.89. The topological polar surface area (TPSA) is 39.9 Å². The van der Waals surface area contributed by atoms with Gasteiger partial charge in [-0.1, -0.05) is 19.8 Å². The van der Waals surface area contributed by atoms with E-state index in [9.17, 15) is 0 Å². The second kappa shape index (κ2) is 5.67. The minimum Gasteiger partial charge on any atom is -0.366 e. The van der Waals surface area contributed by atoms with Gasteiger partial charge in [-0.25, -0.2) is 4.98 Å². The molecule has 3 nitrogen and oxygen atoms in total. The van der Waals surface area contributed by atoms with Crippen molar-refractivity contribution < 1.29 is 0 Å². The summed E-state index contributed by atoms with van der Waals surface area (Å²) in [4.78, 5) is 6.56. The molecular formula is C14H19N3. The summed E-state index contributed by atoms with van der Waals surface area (Å²) in [5, 5.41) is 9.14. The highest BCUT2D eigenvalue weighted by Gasteiger charge is 2.21. The summed E-state index contributed by atoms with van der Waals surface area (Å²) in [5.74, 6) is 0. The van der Waals surface area contributed by atoms with Crippen LogP contribution in [0.3, 0.4) is 0 Å². The van der Waals surface area contributed by atoms with Gasteiger partial charge in [-0.2, -0.15) is 5.26 Å². The van der Waals surface area contributed by atoms with Crippen molar-refractivity contribution in [1.29, 1.82) is 5.26 Å². The van der Waals surface area contributed by atoms with E-state index in [1.54, 1.807) is 6.20 Å². The Labute approximate surface area is 103 Å². The highest BCUT2D eigenvalue weighted by Crippen LogP contribution is 2.27. The molecule has 0 amide bonds. The maximum Gasteiger partial charge on any atom is 0.163 e. The van der Waals surface area contributed by atoms with Crippen LogP contribution >= 0.6 is 0 Å². The van der Waals surface area contributed by atoms with E-state index in [-0.39, 0.29) is 0 Å². The van der Waals surface area contributed by atoms with Crippen LogP contribution in [0.1, 0.15) is 44.7 Å². The van der Waals surface area contributed by atoms with Crippen LogP contribution in [0.5, 0.6) is 0 Å². The third-order valence-electron chi connectivity index (χ3n) is 3.55. The molecule has 1 fully saturated rings. The molecule has 1 unspecified atom stereocenters. The van der Waals surface area contributed by atoms with Crippen molar-refractivity contribution in [2.45, 2.75) is 45.1 Å². The molecule has 3 heteroatoms. The summed E-state index contributed by atoms with van der Waals surface area (Å²) in [5.41, 5.74) is 1.58. The van der Waals surface area contributed by atoms with Crippen molar-refractivity contribution in [3.05, 3.63) is 24.0 Å². The molecule has 0 aliphatic carbocycles. The van der Waals surface area contributed by atoms with Crippen LogP contribution in [-0.2, 0) is 0 Å². The van der Waals surface area contributed by atoms with Crippen LogP contribution in [0.2, 0.25) is 0 Å². The minimum absolute atomic E-state index is 0.563. The van der Waals surface area contributed by atoms with Crippen LogP contribution in [-0.4, -0.2) is 17.6 Å². The SMILES string of the molecule is CCC1CCCCCN1c1cccnc1C#N. The van der Waals surface area contributed by atoms with E-state index in [1.165, 1.54) is 25.7 Å². The molecule has 0 N–H and O–H groups in total. The number of nitrogens with zero attached hydrogens (tertiary/aromatic N) is 3. The Kier molecular flexibility index (Phi) is 3.98. The van der Waals surface area contributed by atoms with E-state index in [2.05, 4.69) is 22.9 Å². The van der Waals surface area contributed by atoms with Crippen LogP contribution in [0.4, 0.5) is 5.69 Å². The molecule has 1 atom stereocenters. The van der Waals surface area contributed by atoms with Gasteiger partial charge < -0.3 is 4.90 Å². The standard InChI is InChI=1S/C14H19N3/c1-2-12-7-4-3-5-10-17(12)14-8-6-9-16-13(14)11-15/h6,8-9,12H,2-5,7,10H2,1H3. The second-order valence-electron chi connectivity index (χ2n) is 4.59. The number of hydrogen-bond donors (Lipinski definition) is 0. The fourth-order valence-electron chi connectivity index (χ4n) is 2.63. The van der Waals surface area contributed by atoms with Crippen molar-refractivity contribution in [2.75, 3.05) is 11.4 Å². The lowest BCUT2D eigenvalue weighted by Crippen LogP contribution is -2.35. The fourth-order valence-corrected chi connectivity index (χ4v) is 2.63. The van der Waals surface area contributed by atoms with E-state index in [4.69, 9.17) is 5.26 Å². The first kappa shape index (κ1) is 11.9. The maximum absolute atomic E-state index is 9.14. The molecule has 2 rings (SSSR count). The Balaban J connectivity index is 2.32. The lowest BCUT2D eigenvalue weighted by atomic mass is 10.1. The van der Waals surface area contributed by atoms with Crippen molar-refractivity contribution >= 4 is 5.69 Å². The smallest absolute Gasteiger partial charge is 0.163 e. The van der Waals surface area contributed by atoms with Gasteiger partial charge in [0.25, 0.3) is 0 Å². The molecule has 1 aromatic rings. The van der Waals surface area contributed by atoms with Gasteiger partial charge in [0.1, 0.15) is 6.07 Å². The summed E-state index contributed by atoms with van der Waals surface area (Å²) in [6.45, 7) is 3.28. The zero-order chi connectivity index (χ0) is 12.1. The molecular weight excluding hydrogens is 210 g/mol. The van der Waals surface area contributed by atoms with Crippen LogP contribution < -0.4 is 4.90 Å².